The van der Waals surface area contributed by atoms with Gasteiger partial charge in [-0.3, -0.25) is 4.79 Å². The second kappa shape index (κ2) is 6.86. The summed E-state index contributed by atoms with van der Waals surface area (Å²) in [7, 11) is 0. The lowest BCUT2D eigenvalue weighted by Gasteiger charge is -2.20. The number of nitrogens with one attached hydrogen (secondary N) is 1. The van der Waals surface area contributed by atoms with E-state index in [0.717, 1.165) is 32.3 Å². The molecule has 4 nitrogen and oxygen atoms in total. The third kappa shape index (κ3) is 4.94. The zero-order valence-corrected chi connectivity index (χ0v) is 10.4. The van der Waals surface area contributed by atoms with Crippen LogP contribution < -0.4 is 11.1 Å². The second-order valence-electron chi connectivity index (χ2n) is 4.78. The van der Waals surface area contributed by atoms with Gasteiger partial charge in [0, 0.05) is 19.1 Å². The number of hydrogen-bond acceptors (Lipinski definition) is 3. The molecule has 94 valence electrons. The minimum absolute atomic E-state index is 0.114. The van der Waals surface area contributed by atoms with Gasteiger partial charge < -0.3 is 15.8 Å². The molecule has 3 N–H and O–H groups in total. The largest absolute Gasteiger partial charge is 0.376 e. The third-order valence-corrected chi connectivity index (χ3v) is 2.97. The molecule has 0 aromatic rings. The average Bonchev–Trinajstić information content (AvgIpc) is 2.69. The zero-order valence-electron chi connectivity index (χ0n) is 10.4. The van der Waals surface area contributed by atoms with E-state index in [0.29, 0.717) is 6.42 Å². The van der Waals surface area contributed by atoms with Crippen molar-refractivity contribution in [3.05, 3.63) is 0 Å². The van der Waals surface area contributed by atoms with E-state index in [1.807, 2.05) is 13.8 Å². The van der Waals surface area contributed by atoms with Crippen molar-refractivity contribution in [3.63, 3.8) is 0 Å². The van der Waals surface area contributed by atoms with Crippen LogP contribution in [0.3, 0.4) is 0 Å². The first-order valence-electron chi connectivity index (χ1n) is 6.26. The molecule has 0 saturated carbocycles. The molecular weight excluding hydrogens is 204 g/mol. The number of carbonyl (C=O) groups excluding carboxylic acids is 1. The first-order valence-corrected chi connectivity index (χ1v) is 6.26. The Kier molecular flexibility index (Phi) is 5.77. The van der Waals surface area contributed by atoms with Crippen molar-refractivity contribution in [2.24, 2.45) is 5.73 Å². The van der Waals surface area contributed by atoms with Crippen LogP contribution >= 0.6 is 0 Å². The summed E-state index contributed by atoms with van der Waals surface area (Å²) in [6.45, 7) is 4.81. The Bertz CT molecular complexity index is 213. The van der Waals surface area contributed by atoms with Crippen LogP contribution in [0.1, 0.15) is 46.0 Å². The summed E-state index contributed by atoms with van der Waals surface area (Å²) in [6.07, 6.45) is 4.70. The van der Waals surface area contributed by atoms with Gasteiger partial charge in [0.05, 0.1) is 12.1 Å². The standard InChI is InChI=1S/C12H24N2O2/c1-9(13)5-3-7-12(15)14-10(2)11-6-4-8-16-11/h9-11H,3-8,13H2,1-2H3,(H,14,15). The number of carbonyl (C=O) groups is 1. The summed E-state index contributed by atoms with van der Waals surface area (Å²) < 4.78 is 5.52. The first kappa shape index (κ1) is 13.5. The summed E-state index contributed by atoms with van der Waals surface area (Å²) >= 11 is 0. The molecule has 3 atom stereocenters. The number of nitrogens with two attached hydrogens (primary N) is 1. The first-order chi connectivity index (χ1) is 7.59. The van der Waals surface area contributed by atoms with Crippen molar-refractivity contribution < 1.29 is 9.53 Å². The number of rotatable bonds is 6. The Morgan fingerprint density at radius 1 is 1.56 bits per heavy atom. The van der Waals surface area contributed by atoms with Crippen molar-refractivity contribution in [2.45, 2.75) is 64.1 Å². The lowest BCUT2D eigenvalue weighted by atomic mass is 10.1. The highest BCUT2D eigenvalue weighted by atomic mass is 16.5. The van der Waals surface area contributed by atoms with Crippen LogP contribution in [-0.2, 0) is 9.53 Å². The lowest BCUT2D eigenvalue weighted by molar-refractivity contribution is -0.122. The summed E-state index contributed by atoms with van der Waals surface area (Å²) in [5.74, 6) is 0.114. The Hall–Kier alpha value is -0.610. The number of ether oxygens (including phenoxy) is 1. The molecule has 1 fully saturated rings. The maximum absolute atomic E-state index is 11.6. The highest BCUT2D eigenvalue weighted by molar-refractivity contribution is 5.76. The van der Waals surface area contributed by atoms with E-state index in [1.54, 1.807) is 0 Å². The predicted molar refractivity (Wildman–Crippen MR) is 64.1 cm³/mol. The summed E-state index contributed by atoms with van der Waals surface area (Å²) in [6, 6.07) is 0.314. The molecule has 1 aliphatic heterocycles. The van der Waals surface area contributed by atoms with E-state index in [1.165, 1.54) is 0 Å². The lowest BCUT2D eigenvalue weighted by Crippen LogP contribution is -2.40. The van der Waals surface area contributed by atoms with E-state index < -0.39 is 0 Å². The zero-order chi connectivity index (χ0) is 12.0. The SMILES string of the molecule is CC(N)CCCC(=O)NC(C)C1CCCO1. The Balaban J connectivity index is 2.12. The highest BCUT2D eigenvalue weighted by Gasteiger charge is 2.23. The topological polar surface area (TPSA) is 64.4 Å². The Labute approximate surface area is 97.9 Å². The number of amides is 1. The fraction of sp³-hybridized carbons (Fsp3) is 0.917. The molecule has 1 heterocycles. The van der Waals surface area contributed by atoms with Gasteiger partial charge in [-0.15, -0.1) is 0 Å². The molecule has 0 aromatic heterocycles. The van der Waals surface area contributed by atoms with Crippen molar-refractivity contribution >= 4 is 5.91 Å². The van der Waals surface area contributed by atoms with Gasteiger partial charge in [-0.25, -0.2) is 0 Å². The van der Waals surface area contributed by atoms with Gasteiger partial charge in [-0.05, 0) is 39.5 Å². The van der Waals surface area contributed by atoms with Crippen molar-refractivity contribution in [1.29, 1.82) is 0 Å². The fourth-order valence-corrected chi connectivity index (χ4v) is 2.00. The molecule has 0 spiro atoms. The monoisotopic (exact) mass is 228 g/mol. The average molecular weight is 228 g/mol. The fourth-order valence-electron chi connectivity index (χ4n) is 2.00. The van der Waals surface area contributed by atoms with E-state index >= 15 is 0 Å². The van der Waals surface area contributed by atoms with Crippen LogP contribution in [0.2, 0.25) is 0 Å². The third-order valence-electron chi connectivity index (χ3n) is 2.97. The summed E-state index contributed by atoms with van der Waals surface area (Å²) in [4.78, 5) is 11.6. The van der Waals surface area contributed by atoms with Crippen LogP contribution in [0.25, 0.3) is 0 Å². The van der Waals surface area contributed by atoms with E-state index in [2.05, 4.69) is 5.32 Å². The smallest absolute Gasteiger partial charge is 0.220 e. The van der Waals surface area contributed by atoms with Crippen LogP contribution in [0.15, 0.2) is 0 Å². The van der Waals surface area contributed by atoms with Gasteiger partial charge in [-0.1, -0.05) is 0 Å². The predicted octanol–water partition coefficient (Wildman–Crippen LogP) is 1.19. The molecule has 4 heteroatoms. The second-order valence-corrected chi connectivity index (χ2v) is 4.78. The normalized spacial score (nSPS) is 24.1. The summed E-state index contributed by atoms with van der Waals surface area (Å²) in [5, 5.41) is 2.99. The highest BCUT2D eigenvalue weighted by Crippen LogP contribution is 2.15. The summed E-state index contributed by atoms with van der Waals surface area (Å²) in [5.41, 5.74) is 5.63. The maximum atomic E-state index is 11.6. The van der Waals surface area contributed by atoms with Crippen LogP contribution in [-0.4, -0.2) is 30.7 Å². The van der Waals surface area contributed by atoms with E-state index in [-0.39, 0.29) is 24.1 Å². The van der Waals surface area contributed by atoms with Gasteiger partial charge in [-0.2, -0.15) is 0 Å². The molecule has 0 radical (unpaired) electrons. The van der Waals surface area contributed by atoms with E-state index in [9.17, 15) is 4.79 Å². The molecule has 1 amide bonds. The van der Waals surface area contributed by atoms with Crippen molar-refractivity contribution in [2.75, 3.05) is 6.61 Å². The van der Waals surface area contributed by atoms with Crippen molar-refractivity contribution in [3.8, 4) is 0 Å². The van der Waals surface area contributed by atoms with Crippen molar-refractivity contribution in [1.82, 2.24) is 5.32 Å². The Morgan fingerprint density at radius 3 is 2.88 bits per heavy atom. The van der Waals surface area contributed by atoms with Gasteiger partial charge in [0.2, 0.25) is 5.91 Å². The molecule has 0 aromatic carbocycles. The van der Waals surface area contributed by atoms with E-state index in [4.69, 9.17) is 10.5 Å². The van der Waals surface area contributed by atoms with Crippen LogP contribution in [0.5, 0.6) is 0 Å². The maximum Gasteiger partial charge on any atom is 0.220 e. The van der Waals surface area contributed by atoms with Gasteiger partial charge in [0.1, 0.15) is 0 Å². The van der Waals surface area contributed by atoms with Gasteiger partial charge >= 0.3 is 0 Å². The molecule has 0 bridgehead atoms. The molecule has 1 aliphatic rings. The molecule has 3 unspecified atom stereocenters. The number of hydrogen-bond donors (Lipinski definition) is 2. The quantitative estimate of drug-likeness (QED) is 0.717. The minimum Gasteiger partial charge on any atom is -0.376 e. The molecular formula is C12H24N2O2. The minimum atomic E-state index is 0.114. The van der Waals surface area contributed by atoms with Gasteiger partial charge in [0.25, 0.3) is 0 Å². The van der Waals surface area contributed by atoms with Gasteiger partial charge in [0.15, 0.2) is 0 Å². The van der Waals surface area contributed by atoms with Crippen LogP contribution in [0, 0.1) is 0 Å². The molecule has 1 rings (SSSR count). The Morgan fingerprint density at radius 2 is 2.31 bits per heavy atom. The molecule has 1 saturated heterocycles. The molecule has 16 heavy (non-hydrogen) atoms. The molecule has 0 aliphatic carbocycles. The van der Waals surface area contributed by atoms with Crippen LogP contribution in [0.4, 0.5) is 0 Å².